The number of carbonyl (C=O) groups is 1. The molecule has 0 bridgehead atoms. The highest BCUT2D eigenvalue weighted by Gasteiger charge is 2.24. The molecule has 164 valence electrons. The second-order valence-corrected chi connectivity index (χ2v) is 8.76. The molecule has 1 atom stereocenters. The van der Waals surface area contributed by atoms with Crippen molar-refractivity contribution in [1.82, 2.24) is 15.3 Å². The summed E-state index contributed by atoms with van der Waals surface area (Å²) >= 11 is 1.14. The first-order valence-corrected chi connectivity index (χ1v) is 11.3. The lowest BCUT2D eigenvalue weighted by molar-refractivity contribution is 0.0703. The van der Waals surface area contributed by atoms with Crippen LogP contribution in [0.25, 0.3) is 10.2 Å². The molecule has 31 heavy (non-hydrogen) atoms. The van der Waals surface area contributed by atoms with Gasteiger partial charge in [0.05, 0.1) is 11.4 Å². The van der Waals surface area contributed by atoms with E-state index in [1.54, 1.807) is 6.20 Å². The molecule has 8 nitrogen and oxygen atoms in total. The highest BCUT2D eigenvalue weighted by atomic mass is 32.1. The number of nitrogen functional groups attached to an aromatic ring is 1. The van der Waals surface area contributed by atoms with Gasteiger partial charge in [0.1, 0.15) is 21.6 Å². The van der Waals surface area contributed by atoms with E-state index in [4.69, 9.17) is 10.7 Å². The standard InChI is InChI=1S/C22H27N5O3S/c1-2-13-11-17(26-21-18(13)19(23)20(31-21)22(29)30)27-9-6-14(7-10-27)25-12-16(28)15-5-3-4-8-24-15/h3-5,8,11,14,16,25,28H,2,6-7,9-10,12,23H2,1H3,(H,29,30). The summed E-state index contributed by atoms with van der Waals surface area (Å²) in [5.74, 6) is -0.140. The third-order valence-electron chi connectivity index (χ3n) is 5.79. The number of aromatic nitrogens is 2. The van der Waals surface area contributed by atoms with Crippen molar-refractivity contribution >= 4 is 39.0 Å². The zero-order chi connectivity index (χ0) is 22.0. The van der Waals surface area contributed by atoms with E-state index in [-0.39, 0.29) is 4.88 Å². The molecule has 4 rings (SSSR count). The predicted octanol–water partition coefficient (Wildman–Crippen LogP) is 2.83. The van der Waals surface area contributed by atoms with Crippen molar-refractivity contribution in [1.29, 1.82) is 0 Å². The quantitative estimate of drug-likeness (QED) is 0.441. The van der Waals surface area contributed by atoms with Crippen LogP contribution in [0.5, 0.6) is 0 Å². The van der Waals surface area contributed by atoms with Crippen LogP contribution >= 0.6 is 11.3 Å². The fourth-order valence-corrected chi connectivity index (χ4v) is 5.03. The van der Waals surface area contributed by atoms with Crippen LogP contribution in [0.15, 0.2) is 30.5 Å². The zero-order valence-electron chi connectivity index (χ0n) is 17.4. The van der Waals surface area contributed by atoms with Crippen LogP contribution in [0, 0.1) is 0 Å². The minimum atomic E-state index is -1.01. The number of aliphatic hydroxyl groups excluding tert-OH is 1. The van der Waals surface area contributed by atoms with Gasteiger partial charge in [0.15, 0.2) is 0 Å². The van der Waals surface area contributed by atoms with E-state index in [0.717, 1.165) is 60.5 Å². The SMILES string of the molecule is CCc1cc(N2CCC(NCC(O)c3ccccn3)CC2)nc2sc(C(=O)O)c(N)c12. The molecule has 0 amide bonds. The van der Waals surface area contributed by atoms with Crippen LogP contribution in [-0.2, 0) is 6.42 Å². The summed E-state index contributed by atoms with van der Waals surface area (Å²) in [7, 11) is 0. The summed E-state index contributed by atoms with van der Waals surface area (Å²) in [5, 5.41) is 23.9. The number of piperidine rings is 1. The van der Waals surface area contributed by atoms with Gasteiger partial charge in [-0.15, -0.1) is 11.3 Å². The van der Waals surface area contributed by atoms with Gasteiger partial charge >= 0.3 is 5.97 Å². The van der Waals surface area contributed by atoms with Crippen LogP contribution in [-0.4, -0.2) is 51.8 Å². The topological polar surface area (TPSA) is 125 Å². The Morgan fingerprint density at radius 3 is 2.81 bits per heavy atom. The van der Waals surface area contributed by atoms with Crippen molar-refractivity contribution in [3.05, 3.63) is 46.6 Å². The maximum Gasteiger partial charge on any atom is 0.348 e. The van der Waals surface area contributed by atoms with Gasteiger partial charge in [0, 0.05) is 37.3 Å². The van der Waals surface area contributed by atoms with Gasteiger partial charge in [-0.05, 0) is 43.0 Å². The van der Waals surface area contributed by atoms with E-state index in [1.807, 2.05) is 31.2 Å². The number of nitrogens with one attached hydrogen (secondary N) is 1. The van der Waals surface area contributed by atoms with E-state index < -0.39 is 12.1 Å². The Hall–Kier alpha value is -2.75. The van der Waals surface area contributed by atoms with Crippen LogP contribution in [0.1, 0.15) is 46.8 Å². The highest BCUT2D eigenvalue weighted by molar-refractivity contribution is 7.21. The number of carboxylic acid groups (broad SMARTS) is 1. The summed E-state index contributed by atoms with van der Waals surface area (Å²) < 4.78 is 0. The van der Waals surface area contributed by atoms with E-state index in [0.29, 0.717) is 28.8 Å². The van der Waals surface area contributed by atoms with Gasteiger partial charge in [0.2, 0.25) is 0 Å². The Bertz CT molecular complexity index is 1060. The van der Waals surface area contributed by atoms with Crippen molar-refractivity contribution in [2.75, 3.05) is 30.3 Å². The molecule has 1 aliphatic rings. The molecule has 1 unspecified atom stereocenters. The minimum Gasteiger partial charge on any atom is -0.477 e. The van der Waals surface area contributed by atoms with Gasteiger partial charge in [-0.3, -0.25) is 4.98 Å². The summed E-state index contributed by atoms with van der Waals surface area (Å²) in [6.45, 7) is 4.19. The molecule has 3 aromatic heterocycles. The number of nitrogens with zero attached hydrogens (tertiary/aromatic N) is 3. The van der Waals surface area contributed by atoms with Crippen molar-refractivity contribution in [3.8, 4) is 0 Å². The lowest BCUT2D eigenvalue weighted by Gasteiger charge is -2.34. The van der Waals surface area contributed by atoms with E-state index in [9.17, 15) is 15.0 Å². The molecule has 1 aliphatic heterocycles. The van der Waals surface area contributed by atoms with Crippen LogP contribution < -0.4 is 16.0 Å². The number of anilines is 2. The Morgan fingerprint density at radius 2 is 2.16 bits per heavy atom. The fraction of sp³-hybridized carbons (Fsp3) is 0.409. The lowest BCUT2D eigenvalue weighted by Crippen LogP contribution is -2.44. The van der Waals surface area contributed by atoms with E-state index in [1.165, 1.54) is 0 Å². The summed E-state index contributed by atoms with van der Waals surface area (Å²) in [4.78, 5) is 23.5. The maximum absolute atomic E-state index is 11.5. The molecule has 0 radical (unpaired) electrons. The highest BCUT2D eigenvalue weighted by Crippen LogP contribution is 2.37. The summed E-state index contributed by atoms with van der Waals surface area (Å²) in [6.07, 6.45) is 3.69. The van der Waals surface area contributed by atoms with Gasteiger partial charge in [-0.25, -0.2) is 9.78 Å². The number of carboxylic acids is 1. The van der Waals surface area contributed by atoms with E-state index in [2.05, 4.69) is 15.2 Å². The largest absolute Gasteiger partial charge is 0.477 e. The van der Waals surface area contributed by atoms with Gasteiger partial charge in [0.25, 0.3) is 0 Å². The molecular formula is C22H27N5O3S. The number of aryl methyl sites for hydroxylation is 1. The maximum atomic E-state index is 11.5. The minimum absolute atomic E-state index is 0.156. The van der Waals surface area contributed by atoms with Gasteiger partial charge < -0.3 is 26.2 Å². The molecule has 0 aromatic carbocycles. The number of aromatic carboxylic acids is 1. The fourth-order valence-electron chi connectivity index (χ4n) is 4.05. The number of aliphatic hydroxyl groups is 1. The molecule has 0 spiro atoms. The second kappa shape index (κ2) is 9.17. The van der Waals surface area contributed by atoms with Gasteiger partial charge in [-0.2, -0.15) is 0 Å². The molecule has 5 N–H and O–H groups in total. The average molecular weight is 442 g/mol. The smallest absolute Gasteiger partial charge is 0.348 e. The molecular weight excluding hydrogens is 414 g/mol. The first-order chi connectivity index (χ1) is 15.0. The van der Waals surface area contributed by atoms with Crippen LogP contribution in [0.2, 0.25) is 0 Å². The number of hydrogen-bond donors (Lipinski definition) is 4. The van der Waals surface area contributed by atoms with Crippen molar-refractivity contribution in [2.45, 2.75) is 38.3 Å². The Morgan fingerprint density at radius 1 is 1.39 bits per heavy atom. The van der Waals surface area contributed by atoms with Crippen molar-refractivity contribution in [2.24, 2.45) is 0 Å². The Labute approximate surface area is 184 Å². The van der Waals surface area contributed by atoms with Crippen molar-refractivity contribution < 1.29 is 15.0 Å². The average Bonchev–Trinajstić information content (AvgIpc) is 3.14. The Balaban J connectivity index is 1.42. The number of hydrogen-bond acceptors (Lipinski definition) is 8. The molecule has 0 saturated carbocycles. The summed E-state index contributed by atoms with van der Waals surface area (Å²) in [5.41, 5.74) is 8.12. The normalized spacial score (nSPS) is 16.0. The number of rotatable bonds is 7. The summed E-state index contributed by atoms with van der Waals surface area (Å²) in [6, 6.07) is 7.89. The number of nitrogens with two attached hydrogens (primary N) is 1. The zero-order valence-corrected chi connectivity index (χ0v) is 18.2. The first kappa shape index (κ1) is 21.5. The number of fused-ring (bicyclic) bond motifs is 1. The first-order valence-electron chi connectivity index (χ1n) is 10.5. The molecule has 4 heterocycles. The second-order valence-electron chi connectivity index (χ2n) is 7.76. The third-order valence-corrected chi connectivity index (χ3v) is 6.88. The molecule has 9 heteroatoms. The lowest BCUT2D eigenvalue weighted by atomic mass is 10.0. The predicted molar refractivity (Wildman–Crippen MR) is 123 cm³/mol. The third kappa shape index (κ3) is 4.48. The number of thiophene rings is 1. The van der Waals surface area contributed by atoms with Gasteiger partial charge in [-0.1, -0.05) is 13.0 Å². The molecule has 1 saturated heterocycles. The van der Waals surface area contributed by atoms with Crippen LogP contribution in [0.4, 0.5) is 11.5 Å². The number of pyridine rings is 2. The monoisotopic (exact) mass is 441 g/mol. The van der Waals surface area contributed by atoms with Crippen molar-refractivity contribution in [3.63, 3.8) is 0 Å². The Kier molecular flexibility index (Phi) is 6.35. The molecule has 3 aromatic rings. The molecule has 1 fully saturated rings. The molecule has 0 aliphatic carbocycles. The van der Waals surface area contributed by atoms with Crippen LogP contribution in [0.3, 0.4) is 0 Å². The van der Waals surface area contributed by atoms with E-state index >= 15 is 0 Å².